The predicted octanol–water partition coefficient (Wildman–Crippen LogP) is 2.99. The number of rotatable bonds is 1. The van der Waals surface area contributed by atoms with E-state index >= 15 is 0 Å². The van der Waals surface area contributed by atoms with Crippen molar-refractivity contribution in [2.75, 3.05) is 0 Å². The molecule has 86 valence electrons. The zero-order chi connectivity index (χ0) is 11.8. The molecule has 1 heterocycles. The van der Waals surface area contributed by atoms with Gasteiger partial charge in [0.15, 0.2) is 5.82 Å². The van der Waals surface area contributed by atoms with Gasteiger partial charge in [-0.2, -0.15) is 0 Å². The van der Waals surface area contributed by atoms with Crippen LogP contribution in [0.3, 0.4) is 0 Å². The van der Waals surface area contributed by atoms with E-state index in [0.29, 0.717) is 11.0 Å². The summed E-state index contributed by atoms with van der Waals surface area (Å²) in [5.74, 6) is 0.800. The lowest BCUT2D eigenvalue weighted by atomic mass is 10.2. The van der Waals surface area contributed by atoms with E-state index in [1.54, 1.807) is 18.2 Å². The van der Waals surface area contributed by atoms with Crippen molar-refractivity contribution in [2.45, 2.75) is 19.3 Å². The Morgan fingerprint density at radius 2 is 2.06 bits per heavy atom. The number of nitrogens with zero attached hydrogens (tertiary/aromatic N) is 2. The Kier molecular flexibility index (Phi) is 2.48. The number of hydrogen-bond donors (Lipinski definition) is 1. The van der Waals surface area contributed by atoms with Gasteiger partial charge in [-0.3, -0.25) is 0 Å². The van der Waals surface area contributed by atoms with Gasteiger partial charge in [-0.15, -0.1) is 0 Å². The van der Waals surface area contributed by atoms with Gasteiger partial charge in [0.25, 0.3) is 0 Å². The van der Waals surface area contributed by atoms with Crippen LogP contribution in [0, 0.1) is 0 Å². The van der Waals surface area contributed by atoms with E-state index < -0.39 is 0 Å². The minimum absolute atomic E-state index is 0.211. The zero-order valence-electron chi connectivity index (χ0n) is 9.15. The summed E-state index contributed by atoms with van der Waals surface area (Å²) in [5.41, 5.74) is 2.92. The molecule has 0 saturated heterocycles. The van der Waals surface area contributed by atoms with Gasteiger partial charge in [0, 0.05) is 16.8 Å². The SMILES string of the molecule is Oc1cccc(-c2nc(Cl)c3c(n2)CCC3)c1. The third-order valence-electron chi connectivity index (χ3n) is 2.99. The van der Waals surface area contributed by atoms with Gasteiger partial charge in [0.2, 0.25) is 0 Å². The van der Waals surface area contributed by atoms with E-state index in [9.17, 15) is 5.11 Å². The van der Waals surface area contributed by atoms with Crippen LogP contribution in [0.1, 0.15) is 17.7 Å². The molecular formula is C13H11ClN2O. The highest BCUT2D eigenvalue weighted by Gasteiger charge is 2.18. The number of phenols is 1. The lowest BCUT2D eigenvalue weighted by Crippen LogP contribution is -1.97. The molecule has 0 aliphatic heterocycles. The normalized spacial score (nSPS) is 13.7. The van der Waals surface area contributed by atoms with Gasteiger partial charge in [-0.25, -0.2) is 9.97 Å². The first-order chi connectivity index (χ1) is 8.24. The van der Waals surface area contributed by atoms with Gasteiger partial charge in [-0.05, 0) is 31.4 Å². The topological polar surface area (TPSA) is 46.0 Å². The van der Waals surface area contributed by atoms with Crippen LogP contribution in [0.2, 0.25) is 5.15 Å². The Labute approximate surface area is 104 Å². The van der Waals surface area contributed by atoms with Gasteiger partial charge in [0.05, 0.1) is 0 Å². The summed E-state index contributed by atoms with van der Waals surface area (Å²) in [4.78, 5) is 8.82. The van der Waals surface area contributed by atoms with Gasteiger partial charge in [0.1, 0.15) is 10.9 Å². The second-order valence-corrected chi connectivity index (χ2v) is 4.53. The summed E-state index contributed by atoms with van der Waals surface area (Å²) in [6, 6.07) is 6.91. The number of halogens is 1. The van der Waals surface area contributed by atoms with Crippen molar-refractivity contribution in [1.29, 1.82) is 0 Å². The molecule has 1 aliphatic rings. The highest BCUT2D eigenvalue weighted by Crippen LogP contribution is 2.29. The molecule has 0 saturated carbocycles. The fourth-order valence-electron chi connectivity index (χ4n) is 2.16. The fourth-order valence-corrected chi connectivity index (χ4v) is 2.44. The molecule has 17 heavy (non-hydrogen) atoms. The maximum Gasteiger partial charge on any atom is 0.161 e. The van der Waals surface area contributed by atoms with Crippen molar-refractivity contribution in [3.8, 4) is 17.1 Å². The average Bonchev–Trinajstić information content (AvgIpc) is 2.77. The summed E-state index contributed by atoms with van der Waals surface area (Å²) in [5, 5.41) is 10.00. The Balaban J connectivity index is 2.13. The van der Waals surface area contributed by atoms with Gasteiger partial charge in [-0.1, -0.05) is 23.7 Å². The van der Waals surface area contributed by atoms with Crippen molar-refractivity contribution in [3.05, 3.63) is 40.7 Å². The third kappa shape index (κ3) is 1.87. The summed E-state index contributed by atoms with van der Waals surface area (Å²) in [6.07, 6.45) is 3.02. The number of benzene rings is 1. The molecule has 0 spiro atoms. The largest absolute Gasteiger partial charge is 0.508 e. The number of hydrogen-bond acceptors (Lipinski definition) is 3. The van der Waals surface area contributed by atoms with Crippen LogP contribution in [0.25, 0.3) is 11.4 Å². The van der Waals surface area contributed by atoms with Gasteiger partial charge < -0.3 is 5.11 Å². The minimum Gasteiger partial charge on any atom is -0.508 e. The van der Waals surface area contributed by atoms with Crippen molar-refractivity contribution in [1.82, 2.24) is 9.97 Å². The summed E-state index contributed by atoms with van der Waals surface area (Å²) in [7, 11) is 0. The Morgan fingerprint density at radius 3 is 2.88 bits per heavy atom. The van der Waals surface area contributed by atoms with E-state index in [1.165, 1.54) is 0 Å². The summed E-state index contributed by atoms with van der Waals surface area (Å²) < 4.78 is 0. The first-order valence-electron chi connectivity index (χ1n) is 5.59. The van der Waals surface area contributed by atoms with Crippen LogP contribution in [-0.2, 0) is 12.8 Å². The van der Waals surface area contributed by atoms with Crippen molar-refractivity contribution < 1.29 is 5.11 Å². The van der Waals surface area contributed by atoms with E-state index in [0.717, 1.165) is 36.1 Å². The molecule has 0 fully saturated rings. The third-order valence-corrected chi connectivity index (χ3v) is 3.30. The van der Waals surface area contributed by atoms with Crippen LogP contribution in [0.4, 0.5) is 0 Å². The highest BCUT2D eigenvalue weighted by atomic mass is 35.5. The molecule has 0 radical (unpaired) electrons. The first kappa shape index (κ1) is 10.5. The standard InChI is InChI=1S/C13H11ClN2O/c14-12-10-5-2-6-11(10)15-13(16-12)8-3-1-4-9(17)7-8/h1,3-4,7,17H,2,5-6H2. The lowest BCUT2D eigenvalue weighted by molar-refractivity contribution is 0.475. The van der Waals surface area contributed by atoms with Crippen molar-refractivity contribution in [2.24, 2.45) is 0 Å². The van der Waals surface area contributed by atoms with E-state index in [1.807, 2.05) is 6.07 Å². The minimum atomic E-state index is 0.211. The highest BCUT2D eigenvalue weighted by molar-refractivity contribution is 6.30. The molecular weight excluding hydrogens is 236 g/mol. The molecule has 0 bridgehead atoms. The Hall–Kier alpha value is -1.61. The molecule has 1 N–H and O–H groups in total. The maximum atomic E-state index is 9.45. The zero-order valence-corrected chi connectivity index (χ0v) is 9.91. The first-order valence-corrected chi connectivity index (χ1v) is 5.96. The second kappa shape index (κ2) is 4.00. The molecule has 3 rings (SSSR count). The molecule has 2 aromatic rings. The monoisotopic (exact) mass is 246 g/mol. The van der Waals surface area contributed by atoms with E-state index in [4.69, 9.17) is 11.6 Å². The predicted molar refractivity (Wildman–Crippen MR) is 66.2 cm³/mol. The number of fused-ring (bicyclic) bond motifs is 1. The lowest BCUT2D eigenvalue weighted by Gasteiger charge is -2.05. The summed E-state index contributed by atoms with van der Waals surface area (Å²) in [6.45, 7) is 0. The quantitative estimate of drug-likeness (QED) is 0.787. The van der Waals surface area contributed by atoms with Crippen molar-refractivity contribution in [3.63, 3.8) is 0 Å². The van der Waals surface area contributed by atoms with E-state index in [-0.39, 0.29) is 5.75 Å². The molecule has 4 heteroatoms. The maximum absolute atomic E-state index is 9.45. The molecule has 0 unspecified atom stereocenters. The smallest absolute Gasteiger partial charge is 0.161 e. The van der Waals surface area contributed by atoms with Crippen LogP contribution >= 0.6 is 11.6 Å². The molecule has 3 nitrogen and oxygen atoms in total. The molecule has 0 atom stereocenters. The van der Waals surface area contributed by atoms with Crippen LogP contribution in [-0.4, -0.2) is 15.1 Å². The molecule has 1 aromatic carbocycles. The molecule has 1 aromatic heterocycles. The number of aryl methyl sites for hydroxylation is 1. The Morgan fingerprint density at radius 1 is 1.18 bits per heavy atom. The Bertz CT molecular complexity index is 584. The summed E-state index contributed by atoms with van der Waals surface area (Å²) >= 11 is 6.15. The number of phenolic OH excluding ortho intramolecular Hbond substituents is 1. The van der Waals surface area contributed by atoms with Crippen LogP contribution in [0.5, 0.6) is 5.75 Å². The molecule has 1 aliphatic carbocycles. The molecule has 0 amide bonds. The second-order valence-electron chi connectivity index (χ2n) is 4.17. The van der Waals surface area contributed by atoms with E-state index in [2.05, 4.69) is 9.97 Å². The van der Waals surface area contributed by atoms with Crippen LogP contribution < -0.4 is 0 Å². The van der Waals surface area contributed by atoms with Crippen molar-refractivity contribution >= 4 is 11.6 Å². The average molecular weight is 247 g/mol. The van der Waals surface area contributed by atoms with Crippen LogP contribution in [0.15, 0.2) is 24.3 Å². The van der Waals surface area contributed by atoms with Gasteiger partial charge >= 0.3 is 0 Å². The number of aromatic hydroxyl groups is 1. The number of aromatic nitrogens is 2. The fraction of sp³-hybridized carbons (Fsp3) is 0.231.